The minimum absolute atomic E-state index is 0.0223. The molecule has 0 aromatic carbocycles. The first-order chi connectivity index (χ1) is 7.03. The van der Waals surface area contributed by atoms with E-state index in [4.69, 9.17) is 4.74 Å². The van der Waals surface area contributed by atoms with E-state index in [2.05, 4.69) is 20.8 Å². The van der Waals surface area contributed by atoms with Gasteiger partial charge in [0.2, 0.25) is 0 Å². The normalized spacial score (nSPS) is 29.9. The standard InChI is InChI=1S/C13H24O2/c1-5-10-8-7-9-13(3,4)11(10)12(14)15-6-2/h10-11H,5-9H2,1-4H3/t10-,11-/m1/s1. The molecule has 1 fully saturated rings. The Kier molecular flexibility index (Phi) is 4.18. The molecule has 0 aliphatic heterocycles. The van der Waals surface area contributed by atoms with Gasteiger partial charge in [0.15, 0.2) is 0 Å². The van der Waals surface area contributed by atoms with Crippen LogP contribution >= 0.6 is 0 Å². The van der Waals surface area contributed by atoms with E-state index in [1.165, 1.54) is 12.8 Å². The summed E-state index contributed by atoms with van der Waals surface area (Å²) < 4.78 is 5.21. The van der Waals surface area contributed by atoms with Crippen molar-refractivity contribution in [3.8, 4) is 0 Å². The van der Waals surface area contributed by atoms with Crippen LogP contribution in [0.1, 0.15) is 53.4 Å². The van der Waals surface area contributed by atoms with Gasteiger partial charge in [0.05, 0.1) is 12.5 Å². The van der Waals surface area contributed by atoms with Crippen LogP contribution in [0.5, 0.6) is 0 Å². The quantitative estimate of drug-likeness (QED) is 0.670. The lowest BCUT2D eigenvalue weighted by atomic mass is 9.63. The second-order valence-electron chi connectivity index (χ2n) is 5.28. The Morgan fingerprint density at radius 1 is 1.40 bits per heavy atom. The summed E-state index contributed by atoms with van der Waals surface area (Å²) in [7, 11) is 0. The van der Waals surface area contributed by atoms with Crippen molar-refractivity contribution in [1.29, 1.82) is 0 Å². The molecule has 1 aliphatic rings. The van der Waals surface area contributed by atoms with Crippen LogP contribution in [0.3, 0.4) is 0 Å². The lowest BCUT2D eigenvalue weighted by molar-refractivity contribution is -0.157. The molecule has 15 heavy (non-hydrogen) atoms. The fraction of sp³-hybridized carbons (Fsp3) is 0.923. The van der Waals surface area contributed by atoms with Gasteiger partial charge < -0.3 is 4.74 Å². The molecule has 0 aromatic rings. The fourth-order valence-corrected chi connectivity index (χ4v) is 2.96. The Hall–Kier alpha value is -0.530. The van der Waals surface area contributed by atoms with Crippen molar-refractivity contribution in [3.63, 3.8) is 0 Å². The third kappa shape index (κ3) is 2.73. The predicted octanol–water partition coefficient (Wildman–Crippen LogP) is 3.40. The van der Waals surface area contributed by atoms with E-state index in [1.54, 1.807) is 0 Å². The van der Waals surface area contributed by atoms with Gasteiger partial charge >= 0.3 is 5.97 Å². The Bertz CT molecular complexity index is 221. The molecule has 1 saturated carbocycles. The van der Waals surface area contributed by atoms with Gasteiger partial charge in [-0.25, -0.2) is 0 Å². The number of hydrogen-bond donors (Lipinski definition) is 0. The van der Waals surface area contributed by atoms with Gasteiger partial charge in [-0.15, -0.1) is 0 Å². The Morgan fingerprint density at radius 2 is 2.07 bits per heavy atom. The molecule has 0 aromatic heterocycles. The molecular weight excluding hydrogens is 188 g/mol. The number of ether oxygens (including phenoxy) is 1. The summed E-state index contributed by atoms with van der Waals surface area (Å²) in [5.41, 5.74) is 0.116. The molecule has 1 rings (SSSR count). The van der Waals surface area contributed by atoms with Crippen LogP contribution in [0.4, 0.5) is 0 Å². The summed E-state index contributed by atoms with van der Waals surface area (Å²) in [6, 6.07) is 0. The molecule has 0 radical (unpaired) electrons. The van der Waals surface area contributed by atoms with Crippen molar-refractivity contribution in [2.24, 2.45) is 17.3 Å². The van der Waals surface area contributed by atoms with Gasteiger partial charge in [0, 0.05) is 0 Å². The molecule has 88 valence electrons. The summed E-state index contributed by atoms with van der Waals surface area (Å²) in [6.45, 7) is 8.97. The average molecular weight is 212 g/mol. The smallest absolute Gasteiger partial charge is 0.309 e. The average Bonchev–Trinajstić information content (AvgIpc) is 2.16. The number of esters is 1. The Labute approximate surface area is 93.4 Å². The van der Waals surface area contributed by atoms with Crippen LogP contribution in [0.25, 0.3) is 0 Å². The summed E-state index contributed by atoms with van der Waals surface area (Å²) in [4.78, 5) is 12.0. The highest BCUT2D eigenvalue weighted by atomic mass is 16.5. The van der Waals surface area contributed by atoms with Crippen LogP contribution in [0, 0.1) is 17.3 Å². The van der Waals surface area contributed by atoms with Crippen molar-refractivity contribution < 1.29 is 9.53 Å². The van der Waals surface area contributed by atoms with Gasteiger partial charge in [0.1, 0.15) is 0 Å². The van der Waals surface area contributed by atoms with Crippen LogP contribution < -0.4 is 0 Å². The van der Waals surface area contributed by atoms with Crippen molar-refractivity contribution in [2.45, 2.75) is 53.4 Å². The van der Waals surface area contributed by atoms with Gasteiger partial charge in [-0.05, 0) is 31.1 Å². The molecular formula is C13H24O2. The summed E-state index contributed by atoms with van der Waals surface area (Å²) >= 11 is 0. The molecule has 0 heterocycles. The lowest BCUT2D eigenvalue weighted by Gasteiger charge is -2.42. The largest absolute Gasteiger partial charge is 0.466 e. The van der Waals surface area contributed by atoms with E-state index < -0.39 is 0 Å². The molecule has 1 aliphatic carbocycles. The number of carbonyl (C=O) groups excluding carboxylic acids is 1. The number of rotatable bonds is 3. The Balaban J connectivity index is 2.79. The highest BCUT2D eigenvalue weighted by Crippen LogP contribution is 2.45. The monoisotopic (exact) mass is 212 g/mol. The van der Waals surface area contributed by atoms with Gasteiger partial charge in [-0.3, -0.25) is 4.79 Å². The van der Waals surface area contributed by atoms with E-state index in [9.17, 15) is 4.79 Å². The van der Waals surface area contributed by atoms with Crippen LogP contribution in [0.15, 0.2) is 0 Å². The minimum atomic E-state index is 0.0223. The zero-order valence-electron chi connectivity index (χ0n) is 10.5. The zero-order chi connectivity index (χ0) is 11.5. The molecule has 0 unspecified atom stereocenters. The molecule has 2 heteroatoms. The van der Waals surface area contributed by atoms with Gasteiger partial charge in [-0.1, -0.05) is 33.6 Å². The van der Waals surface area contributed by atoms with E-state index in [1.807, 2.05) is 6.92 Å². The minimum Gasteiger partial charge on any atom is -0.466 e. The first-order valence-electron chi connectivity index (χ1n) is 6.19. The Morgan fingerprint density at radius 3 is 2.60 bits per heavy atom. The second kappa shape index (κ2) is 5.00. The summed E-state index contributed by atoms with van der Waals surface area (Å²) in [5.74, 6) is 0.651. The predicted molar refractivity (Wildman–Crippen MR) is 61.5 cm³/mol. The van der Waals surface area contributed by atoms with E-state index in [-0.39, 0.29) is 17.3 Å². The maximum Gasteiger partial charge on any atom is 0.309 e. The maximum absolute atomic E-state index is 12.0. The zero-order valence-corrected chi connectivity index (χ0v) is 10.5. The van der Waals surface area contributed by atoms with Gasteiger partial charge in [-0.2, -0.15) is 0 Å². The summed E-state index contributed by atoms with van der Waals surface area (Å²) in [5, 5.41) is 0. The molecule has 0 bridgehead atoms. The topological polar surface area (TPSA) is 26.3 Å². The van der Waals surface area contributed by atoms with Gasteiger partial charge in [0.25, 0.3) is 0 Å². The second-order valence-corrected chi connectivity index (χ2v) is 5.28. The van der Waals surface area contributed by atoms with Crippen molar-refractivity contribution in [1.82, 2.24) is 0 Å². The van der Waals surface area contributed by atoms with E-state index in [0.29, 0.717) is 12.5 Å². The lowest BCUT2D eigenvalue weighted by Crippen LogP contribution is -2.41. The molecule has 2 nitrogen and oxygen atoms in total. The van der Waals surface area contributed by atoms with Crippen LogP contribution in [-0.2, 0) is 9.53 Å². The van der Waals surface area contributed by atoms with Crippen LogP contribution in [-0.4, -0.2) is 12.6 Å². The molecule has 0 spiro atoms. The highest BCUT2D eigenvalue weighted by Gasteiger charge is 2.43. The van der Waals surface area contributed by atoms with Crippen LogP contribution in [0.2, 0.25) is 0 Å². The number of carbonyl (C=O) groups is 1. The highest BCUT2D eigenvalue weighted by molar-refractivity contribution is 5.73. The van der Waals surface area contributed by atoms with E-state index >= 15 is 0 Å². The molecule has 0 saturated heterocycles. The van der Waals surface area contributed by atoms with Crippen molar-refractivity contribution in [2.75, 3.05) is 6.61 Å². The SMILES string of the molecule is CCOC(=O)[C@H]1[C@H](CC)CCCC1(C)C. The maximum atomic E-state index is 12.0. The molecule has 2 atom stereocenters. The van der Waals surface area contributed by atoms with Crippen molar-refractivity contribution in [3.05, 3.63) is 0 Å². The first kappa shape index (κ1) is 12.5. The summed E-state index contributed by atoms with van der Waals surface area (Å²) in [6.07, 6.45) is 4.67. The molecule has 0 amide bonds. The van der Waals surface area contributed by atoms with E-state index in [0.717, 1.165) is 12.8 Å². The number of hydrogen-bond acceptors (Lipinski definition) is 2. The van der Waals surface area contributed by atoms with Crippen molar-refractivity contribution >= 4 is 5.97 Å². The third-order valence-electron chi connectivity index (χ3n) is 3.77. The third-order valence-corrected chi connectivity index (χ3v) is 3.77. The fourth-order valence-electron chi connectivity index (χ4n) is 2.96. The first-order valence-corrected chi connectivity index (χ1v) is 6.19. The molecule has 0 N–H and O–H groups in total.